The Hall–Kier alpha value is -0.650. The van der Waals surface area contributed by atoms with Gasteiger partial charge in [0.15, 0.2) is 0 Å². The minimum atomic E-state index is -0.333. The van der Waals surface area contributed by atoms with Gasteiger partial charge >= 0.3 is 0 Å². The van der Waals surface area contributed by atoms with Crippen molar-refractivity contribution in [2.75, 3.05) is 13.1 Å². The van der Waals surface area contributed by atoms with E-state index in [1.807, 2.05) is 0 Å². The molecular formula is C13H17BrClFN2O. The van der Waals surface area contributed by atoms with Crippen LogP contribution in [0.15, 0.2) is 22.7 Å². The zero-order valence-electron chi connectivity index (χ0n) is 10.4. The van der Waals surface area contributed by atoms with E-state index < -0.39 is 0 Å². The average Bonchev–Trinajstić information content (AvgIpc) is 2.34. The quantitative estimate of drug-likeness (QED) is 0.890. The van der Waals surface area contributed by atoms with Gasteiger partial charge in [0.05, 0.1) is 6.42 Å². The topological polar surface area (TPSA) is 46.3 Å². The molecule has 0 aromatic heterocycles. The molecule has 1 saturated heterocycles. The lowest BCUT2D eigenvalue weighted by Crippen LogP contribution is -2.43. The molecule has 1 aliphatic rings. The maximum atomic E-state index is 13.5. The molecule has 1 amide bonds. The van der Waals surface area contributed by atoms with Gasteiger partial charge in [0.2, 0.25) is 5.91 Å². The first-order valence-electron chi connectivity index (χ1n) is 6.03. The standard InChI is InChI=1S/C13H16BrFN2O.ClH/c14-10-1-2-12(15)9(7-10)8-13(18)17-5-3-11(16)4-6-17;/h1-2,7,11H,3-6,8,16H2;1H. The van der Waals surface area contributed by atoms with E-state index >= 15 is 0 Å². The molecule has 1 aromatic rings. The van der Waals surface area contributed by atoms with Crippen LogP contribution < -0.4 is 5.73 Å². The Labute approximate surface area is 126 Å². The second kappa shape index (κ2) is 7.22. The summed E-state index contributed by atoms with van der Waals surface area (Å²) in [5, 5.41) is 0. The number of nitrogens with zero attached hydrogens (tertiary/aromatic N) is 1. The van der Waals surface area contributed by atoms with Crippen molar-refractivity contribution in [3.05, 3.63) is 34.1 Å². The number of likely N-dealkylation sites (tertiary alicyclic amines) is 1. The average molecular weight is 352 g/mol. The van der Waals surface area contributed by atoms with Crippen LogP contribution in [-0.2, 0) is 11.2 Å². The predicted octanol–water partition coefficient (Wildman–Crippen LogP) is 2.50. The largest absolute Gasteiger partial charge is 0.342 e. The van der Waals surface area contributed by atoms with Crippen LogP contribution in [0.2, 0.25) is 0 Å². The number of amides is 1. The number of hydrogen-bond donors (Lipinski definition) is 1. The molecule has 1 heterocycles. The Bertz CT molecular complexity index is 450. The summed E-state index contributed by atoms with van der Waals surface area (Å²) < 4.78 is 14.3. The fraction of sp³-hybridized carbons (Fsp3) is 0.462. The van der Waals surface area contributed by atoms with E-state index in [0.29, 0.717) is 18.7 Å². The lowest BCUT2D eigenvalue weighted by atomic mass is 10.0. The van der Waals surface area contributed by atoms with Gasteiger partial charge in [-0.2, -0.15) is 0 Å². The van der Waals surface area contributed by atoms with Gasteiger partial charge in [-0.3, -0.25) is 4.79 Å². The van der Waals surface area contributed by atoms with Crippen molar-refractivity contribution in [3.63, 3.8) is 0 Å². The molecule has 0 saturated carbocycles. The van der Waals surface area contributed by atoms with Crippen molar-refractivity contribution in [1.82, 2.24) is 4.90 Å². The lowest BCUT2D eigenvalue weighted by Gasteiger charge is -2.30. The third kappa shape index (κ3) is 4.44. The highest BCUT2D eigenvalue weighted by Gasteiger charge is 2.21. The summed E-state index contributed by atoms with van der Waals surface area (Å²) in [5.41, 5.74) is 6.22. The molecule has 6 heteroatoms. The molecule has 1 fully saturated rings. The summed E-state index contributed by atoms with van der Waals surface area (Å²) >= 11 is 3.28. The van der Waals surface area contributed by atoms with E-state index in [4.69, 9.17) is 5.73 Å². The fourth-order valence-electron chi connectivity index (χ4n) is 2.10. The van der Waals surface area contributed by atoms with Crippen LogP contribution in [0.4, 0.5) is 4.39 Å². The highest BCUT2D eigenvalue weighted by molar-refractivity contribution is 9.10. The molecule has 3 nitrogen and oxygen atoms in total. The van der Waals surface area contributed by atoms with Crippen LogP contribution in [0.5, 0.6) is 0 Å². The number of nitrogens with two attached hydrogens (primary N) is 1. The Morgan fingerprint density at radius 2 is 2.05 bits per heavy atom. The van der Waals surface area contributed by atoms with E-state index in [1.165, 1.54) is 6.07 Å². The van der Waals surface area contributed by atoms with E-state index in [0.717, 1.165) is 17.3 Å². The number of benzene rings is 1. The zero-order valence-corrected chi connectivity index (χ0v) is 12.8. The molecule has 1 aliphatic heterocycles. The molecule has 0 bridgehead atoms. The Kier molecular flexibility index (Phi) is 6.23. The van der Waals surface area contributed by atoms with Crippen LogP contribution in [0, 0.1) is 5.82 Å². The Morgan fingerprint density at radius 1 is 1.42 bits per heavy atom. The predicted molar refractivity (Wildman–Crippen MR) is 78.8 cm³/mol. The van der Waals surface area contributed by atoms with Gasteiger partial charge < -0.3 is 10.6 Å². The highest BCUT2D eigenvalue weighted by Crippen LogP contribution is 2.17. The molecule has 0 atom stereocenters. The van der Waals surface area contributed by atoms with Crippen LogP contribution in [0.1, 0.15) is 18.4 Å². The molecule has 0 aliphatic carbocycles. The summed E-state index contributed by atoms with van der Waals surface area (Å²) in [7, 11) is 0. The van der Waals surface area contributed by atoms with Crippen LogP contribution in [-0.4, -0.2) is 29.9 Å². The van der Waals surface area contributed by atoms with E-state index in [-0.39, 0.29) is 36.6 Å². The van der Waals surface area contributed by atoms with Gasteiger partial charge in [0.25, 0.3) is 0 Å². The first-order chi connectivity index (χ1) is 8.56. The number of hydrogen-bond acceptors (Lipinski definition) is 2. The molecule has 2 N–H and O–H groups in total. The van der Waals surface area contributed by atoms with E-state index in [2.05, 4.69) is 15.9 Å². The molecule has 0 radical (unpaired) electrons. The zero-order chi connectivity index (χ0) is 13.1. The molecule has 1 aromatic carbocycles. The summed E-state index contributed by atoms with van der Waals surface area (Å²) in [6, 6.07) is 4.85. The summed E-state index contributed by atoms with van der Waals surface area (Å²) in [6.07, 6.45) is 1.76. The maximum Gasteiger partial charge on any atom is 0.227 e. The van der Waals surface area contributed by atoms with Gasteiger partial charge in [-0.15, -0.1) is 12.4 Å². The summed E-state index contributed by atoms with van der Waals surface area (Å²) in [4.78, 5) is 13.8. The number of carbonyl (C=O) groups is 1. The van der Waals surface area contributed by atoms with Crippen molar-refractivity contribution in [1.29, 1.82) is 0 Å². The summed E-state index contributed by atoms with van der Waals surface area (Å²) in [5.74, 6) is -0.362. The SMILES string of the molecule is Cl.NC1CCN(C(=O)Cc2cc(Br)ccc2F)CC1. The van der Waals surface area contributed by atoms with Crippen molar-refractivity contribution >= 4 is 34.2 Å². The lowest BCUT2D eigenvalue weighted by molar-refractivity contribution is -0.131. The molecule has 19 heavy (non-hydrogen) atoms. The monoisotopic (exact) mass is 350 g/mol. The fourth-order valence-corrected chi connectivity index (χ4v) is 2.51. The third-order valence-corrected chi connectivity index (χ3v) is 3.74. The van der Waals surface area contributed by atoms with Gasteiger partial charge in [0.1, 0.15) is 5.82 Å². The van der Waals surface area contributed by atoms with Crippen LogP contribution in [0.25, 0.3) is 0 Å². The van der Waals surface area contributed by atoms with Gasteiger partial charge in [-0.05, 0) is 36.6 Å². The van der Waals surface area contributed by atoms with Gasteiger partial charge in [-0.1, -0.05) is 15.9 Å². The second-order valence-corrected chi connectivity index (χ2v) is 5.55. The van der Waals surface area contributed by atoms with Crippen molar-refractivity contribution in [2.45, 2.75) is 25.3 Å². The van der Waals surface area contributed by atoms with Gasteiger partial charge in [0, 0.05) is 23.6 Å². The number of rotatable bonds is 2. The molecule has 0 unspecified atom stereocenters. The van der Waals surface area contributed by atoms with E-state index in [9.17, 15) is 9.18 Å². The number of piperidine rings is 1. The minimum Gasteiger partial charge on any atom is -0.342 e. The van der Waals surface area contributed by atoms with Gasteiger partial charge in [-0.25, -0.2) is 4.39 Å². The second-order valence-electron chi connectivity index (χ2n) is 4.63. The molecule has 0 spiro atoms. The molecule has 2 rings (SSSR count). The van der Waals surface area contributed by atoms with Crippen LogP contribution >= 0.6 is 28.3 Å². The summed E-state index contributed by atoms with van der Waals surface area (Å²) in [6.45, 7) is 1.35. The third-order valence-electron chi connectivity index (χ3n) is 3.24. The number of carbonyl (C=O) groups excluding carboxylic acids is 1. The Balaban J connectivity index is 0.00000180. The van der Waals surface area contributed by atoms with Crippen molar-refractivity contribution in [2.24, 2.45) is 5.73 Å². The van der Waals surface area contributed by atoms with E-state index in [1.54, 1.807) is 17.0 Å². The van der Waals surface area contributed by atoms with Crippen molar-refractivity contribution in [3.8, 4) is 0 Å². The minimum absolute atomic E-state index is 0. The number of halogens is 3. The Morgan fingerprint density at radius 3 is 2.68 bits per heavy atom. The first kappa shape index (κ1) is 16.4. The molecule has 106 valence electrons. The van der Waals surface area contributed by atoms with Crippen molar-refractivity contribution < 1.29 is 9.18 Å². The smallest absolute Gasteiger partial charge is 0.227 e. The maximum absolute atomic E-state index is 13.5. The normalized spacial score (nSPS) is 16.1. The molecular weight excluding hydrogens is 335 g/mol. The highest BCUT2D eigenvalue weighted by atomic mass is 79.9. The first-order valence-corrected chi connectivity index (χ1v) is 6.83. The van der Waals surface area contributed by atoms with Crippen LogP contribution in [0.3, 0.4) is 0 Å².